The second-order valence-electron chi connectivity index (χ2n) is 6.92. The quantitative estimate of drug-likeness (QED) is 0.149. The van der Waals surface area contributed by atoms with Crippen molar-refractivity contribution in [3.05, 3.63) is 93.1 Å². The zero-order valence-electron chi connectivity index (χ0n) is 17.1. The van der Waals surface area contributed by atoms with Gasteiger partial charge >= 0.3 is 5.97 Å². The van der Waals surface area contributed by atoms with Gasteiger partial charge in [0.25, 0.3) is 0 Å². The van der Waals surface area contributed by atoms with Crippen molar-refractivity contribution < 1.29 is 19.0 Å². The standard InChI is InChI=1S/C24H15Br2I2NO4/c1-31-21-10-14(8-18(26)22(21)32-12-13-3-2-4-16(27)7-13)9-20-24(30)33-23(29-20)15-5-6-19(28)17(25)11-15/h2-11H,12H2,1H3/b20-9-. The van der Waals surface area contributed by atoms with Gasteiger partial charge in [0, 0.05) is 17.2 Å². The van der Waals surface area contributed by atoms with Crippen LogP contribution in [0.15, 0.2) is 74.2 Å². The molecular formula is C24H15Br2I2NO4. The Labute approximate surface area is 235 Å². The van der Waals surface area contributed by atoms with E-state index in [2.05, 4.69) is 88.1 Å². The minimum Gasteiger partial charge on any atom is -0.493 e. The third-order valence-corrected chi connectivity index (χ3v) is 8.21. The summed E-state index contributed by atoms with van der Waals surface area (Å²) < 4.78 is 20.8. The summed E-state index contributed by atoms with van der Waals surface area (Å²) in [6.07, 6.45) is 1.66. The molecule has 9 heteroatoms. The van der Waals surface area contributed by atoms with Gasteiger partial charge < -0.3 is 14.2 Å². The molecule has 168 valence electrons. The molecule has 1 aliphatic rings. The minimum atomic E-state index is -0.506. The molecular weight excluding hydrogens is 780 g/mol. The van der Waals surface area contributed by atoms with Gasteiger partial charge in [0.2, 0.25) is 5.90 Å². The van der Waals surface area contributed by atoms with Crippen LogP contribution in [0.4, 0.5) is 0 Å². The first-order valence-electron chi connectivity index (χ1n) is 9.57. The number of cyclic esters (lactones) is 1. The number of ether oxygens (including phenoxy) is 3. The molecule has 5 nitrogen and oxygen atoms in total. The van der Waals surface area contributed by atoms with E-state index in [9.17, 15) is 4.79 Å². The first-order valence-corrected chi connectivity index (χ1v) is 13.3. The summed E-state index contributed by atoms with van der Waals surface area (Å²) in [7, 11) is 1.58. The normalized spacial score (nSPS) is 14.3. The summed E-state index contributed by atoms with van der Waals surface area (Å²) in [6.45, 7) is 0.401. The zero-order chi connectivity index (χ0) is 23.5. The number of nitrogens with zero attached hydrogens (tertiary/aromatic N) is 1. The Morgan fingerprint density at radius 1 is 1.06 bits per heavy atom. The van der Waals surface area contributed by atoms with Crippen LogP contribution in [-0.4, -0.2) is 19.0 Å². The molecule has 0 radical (unpaired) electrons. The van der Waals surface area contributed by atoms with Crippen molar-refractivity contribution in [2.75, 3.05) is 7.11 Å². The van der Waals surface area contributed by atoms with Crippen molar-refractivity contribution in [2.24, 2.45) is 4.99 Å². The molecule has 0 fully saturated rings. The summed E-state index contributed by atoms with van der Waals surface area (Å²) in [6, 6.07) is 17.4. The smallest absolute Gasteiger partial charge is 0.363 e. The molecule has 1 aliphatic heterocycles. The highest BCUT2D eigenvalue weighted by Gasteiger charge is 2.25. The molecule has 0 aromatic heterocycles. The fourth-order valence-electron chi connectivity index (χ4n) is 3.07. The van der Waals surface area contributed by atoms with E-state index in [0.29, 0.717) is 22.6 Å². The van der Waals surface area contributed by atoms with Crippen LogP contribution in [0.2, 0.25) is 0 Å². The number of hydrogen-bond acceptors (Lipinski definition) is 5. The highest BCUT2D eigenvalue weighted by atomic mass is 127. The lowest BCUT2D eigenvalue weighted by molar-refractivity contribution is -0.129. The molecule has 0 saturated heterocycles. The first-order chi connectivity index (χ1) is 15.8. The Bertz CT molecular complexity index is 1310. The van der Waals surface area contributed by atoms with Crippen molar-refractivity contribution in [1.29, 1.82) is 0 Å². The molecule has 0 aliphatic carbocycles. The second-order valence-corrected chi connectivity index (χ2v) is 11.0. The summed E-state index contributed by atoms with van der Waals surface area (Å²) >= 11 is 11.5. The third kappa shape index (κ3) is 5.98. The number of benzene rings is 3. The molecule has 0 saturated carbocycles. The van der Waals surface area contributed by atoms with Crippen LogP contribution in [0.5, 0.6) is 11.5 Å². The van der Waals surface area contributed by atoms with E-state index in [1.807, 2.05) is 42.5 Å². The number of carbonyl (C=O) groups excluding carboxylic acids is 1. The Morgan fingerprint density at radius 3 is 2.61 bits per heavy atom. The Kier molecular flexibility index (Phi) is 8.13. The van der Waals surface area contributed by atoms with Crippen LogP contribution < -0.4 is 9.47 Å². The second kappa shape index (κ2) is 10.9. The molecule has 4 rings (SSSR count). The first kappa shape index (κ1) is 24.7. The highest BCUT2D eigenvalue weighted by Crippen LogP contribution is 2.38. The average Bonchev–Trinajstić information content (AvgIpc) is 3.14. The van der Waals surface area contributed by atoms with Crippen LogP contribution in [0.1, 0.15) is 16.7 Å². The topological polar surface area (TPSA) is 57.1 Å². The number of rotatable bonds is 6. The van der Waals surface area contributed by atoms with Crippen LogP contribution >= 0.6 is 77.0 Å². The number of esters is 1. The Balaban J connectivity index is 1.59. The average molecular weight is 795 g/mol. The Hall–Kier alpha value is -1.44. The van der Waals surface area contributed by atoms with Gasteiger partial charge in [-0.2, -0.15) is 0 Å². The monoisotopic (exact) mass is 793 g/mol. The van der Waals surface area contributed by atoms with Crippen molar-refractivity contribution in [2.45, 2.75) is 6.61 Å². The third-order valence-electron chi connectivity index (χ3n) is 4.61. The number of carbonyl (C=O) groups is 1. The number of methoxy groups -OCH3 is 1. The van der Waals surface area contributed by atoms with E-state index < -0.39 is 5.97 Å². The zero-order valence-corrected chi connectivity index (χ0v) is 24.6. The van der Waals surface area contributed by atoms with E-state index in [1.54, 1.807) is 19.3 Å². The van der Waals surface area contributed by atoms with E-state index in [1.165, 1.54) is 0 Å². The van der Waals surface area contributed by atoms with E-state index in [4.69, 9.17) is 14.2 Å². The summed E-state index contributed by atoms with van der Waals surface area (Å²) in [5.74, 6) is 0.889. The lowest BCUT2D eigenvalue weighted by Crippen LogP contribution is -2.05. The molecule has 0 unspecified atom stereocenters. The predicted octanol–water partition coefficient (Wildman–Crippen LogP) is 7.35. The van der Waals surface area contributed by atoms with Crippen LogP contribution in [-0.2, 0) is 16.1 Å². The van der Waals surface area contributed by atoms with Crippen molar-refractivity contribution >= 4 is 95.0 Å². The molecule has 33 heavy (non-hydrogen) atoms. The van der Waals surface area contributed by atoms with Gasteiger partial charge in [-0.05, 0) is 137 Å². The maximum atomic E-state index is 12.4. The molecule has 0 spiro atoms. The largest absolute Gasteiger partial charge is 0.493 e. The van der Waals surface area contributed by atoms with Crippen LogP contribution in [0.3, 0.4) is 0 Å². The molecule has 3 aromatic rings. The van der Waals surface area contributed by atoms with Crippen LogP contribution in [0.25, 0.3) is 6.08 Å². The van der Waals surface area contributed by atoms with Gasteiger partial charge in [0.15, 0.2) is 17.2 Å². The fourth-order valence-corrected chi connectivity index (χ4v) is 4.96. The van der Waals surface area contributed by atoms with E-state index in [0.717, 1.165) is 28.3 Å². The Morgan fingerprint density at radius 2 is 1.88 bits per heavy atom. The number of aliphatic imine (C=N–C) groups is 1. The fraction of sp³-hybridized carbons (Fsp3) is 0.0833. The highest BCUT2D eigenvalue weighted by molar-refractivity contribution is 14.1. The molecule has 0 amide bonds. The molecule has 0 atom stereocenters. The van der Waals surface area contributed by atoms with Gasteiger partial charge in [-0.15, -0.1) is 0 Å². The van der Waals surface area contributed by atoms with Crippen molar-refractivity contribution in [3.8, 4) is 11.5 Å². The summed E-state index contributed by atoms with van der Waals surface area (Å²) in [5, 5.41) is 0. The van der Waals surface area contributed by atoms with Gasteiger partial charge in [-0.1, -0.05) is 12.1 Å². The predicted molar refractivity (Wildman–Crippen MR) is 152 cm³/mol. The van der Waals surface area contributed by atoms with Gasteiger partial charge in [-0.25, -0.2) is 9.79 Å². The lowest BCUT2D eigenvalue weighted by atomic mass is 10.1. The van der Waals surface area contributed by atoms with E-state index >= 15 is 0 Å². The van der Waals surface area contributed by atoms with Gasteiger partial charge in [0.05, 0.1) is 11.6 Å². The number of halogens is 4. The van der Waals surface area contributed by atoms with Gasteiger partial charge in [-0.3, -0.25) is 0 Å². The van der Waals surface area contributed by atoms with Crippen molar-refractivity contribution in [3.63, 3.8) is 0 Å². The maximum Gasteiger partial charge on any atom is 0.363 e. The molecule has 0 bridgehead atoms. The summed E-state index contributed by atoms with van der Waals surface area (Å²) in [4.78, 5) is 16.8. The molecule has 1 heterocycles. The van der Waals surface area contributed by atoms with Crippen molar-refractivity contribution in [1.82, 2.24) is 0 Å². The number of hydrogen-bond donors (Lipinski definition) is 0. The maximum absolute atomic E-state index is 12.4. The minimum absolute atomic E-state index is 0.209. The summed E-state index contributed by atoms with van der Waals surface area (Å²) in [5.41, 5.74) is 2.71. The molecule has 3 aromatic carbocycles. The lowest BCUT2D eigenvalue weighted by Gasteiger charge is -2.14. The molecule has 0 N–H and O–H groups in total. The van der Waals surface area contributed by atoms with E-state index in [-0.39, 0.29) is 11.6 Å². The SMILES string of the molecule is COc1cc(/C=C2\N=C(c3ccc(I)c(Br)c3)OC2=O)cc(Br)c1OCc1cccc(I)c1. The van der Waals surface area contributed by atoms with Gasteiger partial charge in [0.1, 0.15) is 6.61 Å². The van der Waals surface area contributed by atoms with Crippen LogP contribution in [0, 0.1) is 7.14 Å².